The van der Waals surface area contributed by atoms with Crippen LogP contribution in [0.4, 0.5) is 0 Å². The van der Waals surface area contributed by atoms with Crippen LogP contribution in [-0.2, 0) is 14.3 Å². The van der Waals surface area contributed by atoms with Gasteiger partial charge in [-0.15, -0.1) is 0 Å². The Kier molecular flexibility index (Phi) is 10.7. The van der Waals surface area contributed by atoms with Crippen LogP contribution >= 0.6 is 0 Å². The van der Waals surface area contributed by atoms with Gasteiger partial charge in [0.05, 0.1) is 18.5 Å². The molecular formula is C9H15KO4. The molecule has 0 aliphatic rings. The minimum absolute atomic E-state index is 0. The third-order valence-corrected chi connectivity index (χ3v) is 1.56. The van der Waals surface area contributed by atoms with E-state index >= 15 is 0 Å². The van der Waals surface area contributed by atoms with E-state index in [0.717, 1.165) is 0 Å². The molecule has 0 heterocycles. The van der Waals surface area contributed by atoms with Crippen LogP contribution in [0.5, 0.6) is 0 Å². The third kappa shape index (κ3) is 6.95. The first-order chi connectivity index (χ1) is 5.99. The predicted molar refractivity (Wildman–Crippen MR) is 44.6 cm³/mol. The van der Waals surface area contributed by atoms with Crippen LogP contribution < -0.4 is 56.5 Å². The smallest absolute Gasteiger partial charge is 0.549 e. The van der Waals surface area contributed by atoms with Crippen LogP contribution in [0.1, 0.15) is 27.2 Å². The van der Waals surface area contributed by atoms with Gasteiger partial charge in [0.15, 0.2) is 0 Å². The Hall–Kier alpha value is 0.576. The fraction of sp³-hybridized carbons (Fsp3) is 0.778. The van der Waals surface area contributed by atoms with E-state index in [1.165, 1.54) is 0 Å². The van der Waals surface area contributed by atoms with Gasteiger partial charge >= 0.3 is 57.4 Å². The van der Waals surface area contributed by atoms with Crippen LogP contribution in [-0.4, -0.2) is 18.5 Å². The first-order valence-electron chi connectivity index (χ1n) is 4.36. The van der Waals surface area contributed by atoms with Gasteiger partial charge in [0.2, 0.25) is 0 Å². The van der Waals surface area contributed by atoms with Gasteiger partial charge in [-0.2, -0.15) is 0 Å². The average molecular weight is 226 g/mol. The summed E-state index contributed by atoms with van der Waals surface area (Å²) >= 11 is 0. The Balaban J connectivity index is 0. The van der Waals surface area contributed by atoms with Crippen LogP contribution in [0.25, 0.3) is 0 Å². The Morgan fingerprint density at radius 1 is 1.36 bits per heavy atom. The zero-order valence-electron chi connectivity index (χ0n) is 9.20. The van der Waals surface area contributed by atoms with E-state index in [-0.39, 0.29) is 70.3 Å². The molecule has 0 N–H and O–H groups in total. The third-order valence-electron chi connectivity index (χ3n) is 1.56. The molecule has 0 aromatic heterocycles. The molecule has 0 radical (unpaired) electrons. The molecule has 1 atom stereocenters. The number of rotatable bonds is 5. The van der Waals surface area contributed by atoms with Crippen LogP contribution in [0.15, 0.2) is 0 Å². The summed E-state index contributed by atoms with van der Waals surface area (Å²) in [6.45, 7) is 5.52. The second kappa shape index (κ2) is 8.85. The van der Waals surface area contributed by atoms with Crippen LogP contribution in [0, 0.1) is 11.8 Å². The number of carbonyl (C=O) groups excluding carboxylic acids is 2. The Morgan fingerprint density at radius 2 is 1.86 bits per heavy atom. The summed E-state index contributed by atoms with van der Waals surface area (Å²) in [7, 11) is 0. The summed E-state index contributed by atoms with van der Waals surface area (Å²) in [5.74, 6) is -3.05. The van der Waals surface area contributed by atoms with E-state index in [4.69, 9.17) is 0 Å². The van der Waals surface area contributed by atoms with E-state index in [1.807, 2.05) is 13.8 Å². The van der Waals surface area contributed by atoms with Crippen LogP contribution in [0.2, 0.25) is 0 Å². The first-order valence-corrected chi connectivity index (χ1v) is 4.36. The van der Waals surface area contributed by atoms with E-state index < -0.39 is 17.9 Å². The minimum atomic E-state index is -1.35. The number of hydrogen-bond acceptors (Lipinski definition) is 4. The largest absolute Gasteiger partial charge is 1.00 e. The molecular weight excluding hydrogens is 211 g/mol. The quantitative estimate of drug-likeness (QED) is 0.284. The summed E-state index contributed by atoms with van der Waals surface area (Å²) in [6, 6.07) is 0. The molecule has 0 amide bonds. The molecule has 0 saturated carbocycles. The maximum absolute atomic E-state index is 11.1. The van der Waals surface area contributed by atoms with Crippen molar-refractivity contribution in [3.63, 3.8) is 0 Å². The number of carbonyl (C=O) groups is 2. The normalized spacial score (nSPS) is 11.7. The van der Waals surface area contributed by atoms with Crippen molar-refractivity contribution in [1.29, 1.82) is 0 Å². The van der Waals surface area contributed by atoms with E-state index in [0.29, 0.717) is 0 Å². The zero-order chi connectivity index (χ0) is 10.4. The topological polar surface area (TPSA) is 66.4 Å². The number of esters is 1. The molecule has 0 aliphatic heterocycles. The fourth-order valence-corrected chi connectivity index (χ4v) is 1.00. The molecule has 5 heteroatoms. The first kappa shape index (κ1) is 17.0. The van der Waals surface area contributed by atoms with Crippen molar-refractivity contribution in [3.8, 4) is 0 Å². The molecule has 0 aromatic rings. The molecule has 0 aromatic carbocycles. The molecule has 1 unspecified atom stereocenters. The summed E-state index contributed by atoms with van der Waals surface area (Å²) in [4.78, 5) is 21.6. The average Bonchev–Trinajstić information content (AvgIpc) is 1.99. The van der Waals surface area contributed by atoms with Gasteiger partial charge in [-0.25, -0.2) is 0 Å². The number of ether oxygens (including phenoxy) is 1. The van der Waals surface area contributed by atoms with Crippen LogP contribution in [0.3, 0.4) is 0 Å². The number of carboxylic acid groups (broad SMARTS) is 1. The summed E-state index contributed by atoms with van der Waals surface area (Å²) in [5.41, 5.74) is 0. The van der Waals surface area contributed by atoms with Crippen molar-refractivity contribution >= 4 is 11.9 Å². The number of hydrogen-bond donors (Lipinski definition) is 0. The van der Waals surface area contributed by atoms with Crippen molar-refractivity contribution in [3.05, 3.63) is 0 Å². The van der Waals surface area contributed by atoms with Gasteiger partial charge in [-0.05, 0) is 19.3 Å². The number of carboxylic acids is 1. The maximum Gasteiger partial charge on any atom is 1.00 e. The van der Waals surface area contributed by atoms with Gasteiger partial charge in [-0.1, -0.05) is 13.8 Å². The minimum Gasteiger partial charge on any atom is -0.549 e. The molecule has 0 spiro atoms. The Morgan fingerprint density at radius 3 is 2.14 bits per heavy atom. The molecule has 76 valence electrons. The second-order valence-corrected chi connectivity index (χ2v) is 3.25. The molecule has 0 aliphatic carbocycles. The molecule has 0 saturated heterocycles. The Labute approximate surface area is 127 Å². The predicted octanol–water partition coefficient (Wildman–Crippen LogP) is -3.03. The van der Waals surface area contributed by atoms with Gasteiger partial charge in [0.1, 0.15) is 0 Å². The molecule has 0 bridgehead atoms. The van der Waals surface area contributed by atoms with Crippen molar-refractivity contribution in [2.24, 2.45) is 11.8 Å². The monoisotopic (exact) mass is 226 g/mol. The van der Waals surface area contributed by atoms with Crippen molar-refractivity contribution < 1.29 is 70.8 Å². The molecule has 14 heavy (non-hydrogen) atoms. The van der Waals surface area contributed by atoms with Crippen molar-refractivity contribution in [2.75, 3.05) is 6.61 Å². The van der Waals surface area contributed by atoms with Crippen molar-refractivity contribution in [2.45, 2.75) is 27.2 Å². The maximum atomic E-state index is 11.1. The number of aliphatic carboxylic acids is 1. The van der Waals surface area contributed by atoms with E-state index in [2.05, 4.69) is 4.74 Å². The standard InChI is InChI=1S/C9H16O4.K/c1-4-13-9(12)7(8(10)11)5-6(2)3;/h6-7H,4-5H2,1-3H3,(H,10,11);/q;+1/p-1. The second-order valence-electron chi connectivity index (χ2n) is 3.25. The van der Waals surface area contributed by atoms with Gasteiger partial charge < -0.3 is 14.6 Å². The summed E-state index contributed by atoms with van der Waals surface area (Å²) in [6.07, 6.45) is 0.265. The van der Waals surface area contributed by atoms with Crippen molar-refractivity contribution in [1.82, 2.24) is 0 Å². The van der Waals surface area contributed by atoms with Gasteiger partial charge in [0.25, 0.3) is 0 Å². The molecule has 0 rings (SSSR count). The SMILES string of the molecule is CCOC(=O)C(CC(C)C)C(=O)[O-].[K+]. The fourth-order valence-electron chi connectivity index (χ4n) is 1.00. The van der Waals surface area contributed by atoms with Gasteiger partial charge in [-0.3, -0.25) is 4.79 Å². The Bertz CT molecular complexity index is 191. The molecule has 4 nitrogen and oxygen atoms in total. The van der Waals surface area contributed by atoms with Gasteiger partial charge in [0, 0.05) is 0 Å². The summed E-state index contributed by atoms with van der Waals surface area (Å²) < 4.78 is 4.61. The van der Waals surface area contributed by atoms with E-state index in [1.54, 1.807) is 6.92 Å². The van der Waals surface area contributed by atoms with E-state index in [9.17, 15) is 14.7 Å². The molecule has 0 fully saturated rings. The summed E-state index contributed by atoms with van der Waals surface area (Å²) in [5, 5.41) is 10.5. The zero-order valence-corrected chi connectivity index (χ0v) is 12.3.